The van der Waals surface area contributed by atoms with Gasteiger partial charge in [-0.05, 0) is 31.9 Å². The molecule has 3 aromatic rings. The molecule has 2 aromatic heterocycles. The SMILES string of the molecule is CCOc1nc(C)c2nc(CCC(F)(F)F)n(Cc3ccc(CN4C[C@H]5C[C@@H]4CN5)cc3F)c2n1. The van der Waals surface area contributed by atoms with Crippen molar-refractivity contribution in [2.75, 3.05) is 19.7 Å². The minimum absolute atomic E-state index is 0.0101. The minimum Gasteiger partial charge on any atom is -0.464 e. The van der Waals surface area contributed by atoms with Crippen molar-refractivity contribution in [1.29, 1.82) is 0 Å². The lowest BCUT2D eigenvalue weighted by molar-refractivity contribution is -0.134. The van der Waals surface area contributed by atoms with Gasteiger partial charge in [0.05, 0.1) is 25.3 Å². The molecule has 188 valence electrons. The van der Waals surface area contributed by atoms with Crippen molar-refractivity contribution in [1.82, 2.24) is 29.7 Å². The third-order valence-corrected chi connectivity index (χ3v) is 6.73. The highest BCUT2D eigenvalue weighted by Crippen LogP contribution is 2.28. The average molecular weight is 493 g/mol. The van der Waals surface area contributed by atoms with Gasteiger partial charge in [-0.2, -0.15) is 23.1 Å². The second-order valence-electron chi connectivity index (χ2n) is 9.28. The molecule has 0 spiro atoms. The molecule has 2 aliphatic heterocycles. The van der Waals surface area contributed by atoms with Crippen LogP contribution in [0.5, 0.6) is 6.01 Å². The molecule has 2 saturated heterocycles. The lowest BCUT2D eigenvalue weighted by Gasteiger charge is -2.27. The normalized spacial score (nSPS) is 20.3. The van der Waals surface area contributed by atoms with Gasteiger partial charge in [-0.15, -0.1) is 0 Å². The molecule has 2 atom stereocenters. The van der Waals surface area contributed by atoms with Gasteiger partial charge < -0.3 is 14.6 Å². The molecule has 0 aliphatic carbocycles. The lowest BCUT2D eigenvalue weighted by atomic mass is 10.1. The van der Waals surface area contributed by atoms with Crippen molar-refractivity contribution >= 4 is 11.2 Å². The molecule has 0 radical (unpaired) electrons. The summed E-state index contributed by atoms with van der Waals surface area (Å²) in [5.74, 6) is -0.211. The second kappa shape index (κ2) is 9.34. The Balaban J connectivity index is 1.44. The number of alkyl halides is 3. The molecule has 7 nitrogen and oxygen atoms in total. The summed E-state index contributed by atoms with van der Waals surface area (Å²) in [6.45, 7) is 6.43. The monoisotopic (exact) mass is 492 g/mol. The number of imidazole rings is 1. The predicted octanol–water partition coefficient (Wildman–Crippen LogP) is 3.76. The van der Waals surface area contributed by atoms with E-state index in [1.165, 1.54) is 6.07 Å². The van der Waals surface area contributed by atoms with Crippen LogP contribution in [0.4, 0.5) is 17.6 Å². The Hall–Kier alpha value is -2.79. The molecule has 0 amide bonds. The molecular weight excluding hydrogens is 464 g/mol. The van der Waals surface area contributed by atoms with E-state index < -0.39 is 18.4 Å². The number of piperazine rings is 1. The number of aromatic nitrogens is 4. The van der Waals surface area contributed by atoms with Crippen LogP contribution in [-0.4, -0.2) is 62.4 Å². The number of halogens is 4. The lowest BCUT2D eigenvalue weighted by Crippen LogP contribution is -2.42. The smallest absolute Gasteiger partial charge is 0.389 e. The number of aryl methyl sites for hydroxylation is 2. The quantitative estimate of drug-likeness (QED) is 0.483. The second-order valence-corrected chi connectivity index (χ2v) is 9.28. The van der Waals surface area contributed by atoms with Crippen LogP contribution in [-0.2, 0) is 19.5 Å². The Labute approximate surface area is 200 Å². The van der Waals surface area contributed by atoms with E-state index in [-0.39, 0.29) is 24.8 Å². The molecule has 2 fully saturated rings. The van der Waals surface area contributed by atoms with E-state index in [1.54, 1.807) is 24.5 Å². The first-order chi connectivity index (χ1) is 16.7. The molecule has 0 unspecified atom stereocenters. The van der Waals surface area contributed by atoms with Crippen molar-refractivity contribution in [2.45, 2.75) is 64.5 Å². The molecule has 4 heterocycles. The number of fused-ring (bicyclic) bond motifs is 3. The largest absolute Gasteiger partial charge is 0.464 e. The van der Waals surface area contributed by atoms with Gasteiger partial charge in [0.15, 0.2) is 5.65 Å². The zero-order valence-electron chi connectivity index (χ0n) is 19.7. The average Bonchev–Trinajstić information content (AvgIpc) is 3.49. The predicted molar refractivity (Wildman–Crippen MR) is 122 cm³/mol. The summed E-state index contributed by atoms with van der Waals surface area (Å²) in [6.07, 6.45) is -4.58. The number of ether oxygens (including phenoxy) is 1. The summed E-state index contributed by atoms with van der Waals surface area (Å²) in [6, 6.07) is 6.23. The van der Waals surface area contributed by atoms with Crippen LogP contribution in [0.3, 0.4) is 0 Å². The fraction of sp³-hybridized carbons (Fsp3) is 0.542. The molecule has 11 heteroatoms. The summed E-state index contributed by atoms with van der Waals surface area (Å²) in [4.78, 5) is 15.4. The zero-order valence-corrected chi connectivity index (χ0v) is 19.7. The summed E-state index contributed by atoms with van der Waals surface area (Å²) in [5, 5.41) is 3.46. The van der Waals surface area contributed by atoms with E-state index in [4.69, 9.17) is 4.74 Å². The first-order valence-corrected chi connectivity index (χ1v) is 11.9. The Kier molecular flexibility index (Phi) is 6.39. The van der Waals surface area contributed by atoms with Crippen molar-refractivity contribution in [3.05, 3.63) is 46.7 Å². The maximum atomic E-state index is 15.2. The van der Waals surface area contributed by atoms with Crippen molar-refractivity contribution in [3.63, 3.8) is 0 Å². The number of nitrogens with one attached hydrogen (secondary N) is 1. The Morgan fingerprint density at radius 2 is 2.00 bits per heavy atom. The van der Waals surface area contributed by atoms with Crippen LogP contribution in [0.25, 0.3) is 11.2 Å². The van der Waals surface area contributed by atoms with Gasteiger partial charge >= 0.3 is 12.2 Å². The minimum atomic E-state index is -4.34. The Morgan fingerprint density at radius 1 is 1.17 bits per heavy atom. The van der Waals surface area contributed by atoms with Gasteiger partial charge in [0.2, 0.25) is 0 Å². The van der Waals surface area contributed by atoms with E-state index in [2.05, 4.69) is 25.2 Å². The fourth-order valence-electron chi connectivity index (χ4n) is 5.02. The fourth-order valence-corrected chi connectivity index (χ4v) is 5.02. The van der Waals surface area contributed by atoms with Crippen LogP contribution >= 0.6 is 0 Å². The number of benzene rings is 1. The maximum Gasteiger partial charge on any atom is 0.389 e. The summed E-state index contributed by atoms with van der Waals surface area (Å²) in [7, 11) is 0. The number of nitrogens with zero attached hydrogens (tertiary/aromatic N) is 5. The molecule has 5 rings (SSSR count). The van der Waals surface area contributed by atoms with Gasteiger partial charge in [-0.25, -0.2) is 9.37 Å². The van der Waals surface area contributed by atoms with Crippen LogP contribution < -0.4 is 10.1 Å². The summed E-state index contributed by atoms with van der Waals surface area (Å²) < 4.78 is 61.1. The highest BCUT2D eigenvalue weighted by Gasteiger charge is 2.37. The van der Waals surface area contributed by atoms with Crippen LogP contribution in [0.1, 0.15) is 42.4 Å². The standard InChI is InChI=1S/C24H28F4N6O/c1-3-35-23-30-14(2)21-22(32-23)34(20(31-21)6-7-24(26,27)28)12-16-5-4-15(8-19(16)25)11-33-13-17-9-18(33)10-29-17/h4-5,8,17-18,29H,3,6-7,9-13H2,1-2H3/t17-,18-/m1/s1. The number of hydrogen-bond donors (Lipinski definition) is 1. The van der Waals surface area contributed by atoms with Crippen LogP contribution in [0, 0.1) is 12.7 Å². The first kappa shape index (κ1) is 23.9. The molecule has 0 saturated carbocycles. The van der Waals surface area contributed by atoms with Gasteiger partial charge in [-0.1, -0.05) is 12.1 Å². The zero-order chi connectivity index (χ0) is 24.7. The summed E-state index contributed by atoms with van der Waals surface area (Å²) >= 11 is 0. The molecule has 2 bridgehead atoms. The maximum absolute atomic E-state index is 15.2. The number of hydrogen-bond acceptors (Lipinski definition) is 6. The van der Waals surface area contributed by atoms with Crippen molar-refractivity contribution in [2.24, 2.45) is 0 Å². The molecule has 2 aliphatic rings. The molecular formula is C24H28F4N6O. The van der Waals surface area contributed by atoms with E-state index in [1.807, 2.05) is 6.07 Å². The van der Waals surface area contributed by atoms with Gasteiger partial charge in [-0.3, -0.25) is 4.90 Å². The number of rotatable bonds is 8. The summed E-state index contributed by atoms with van der Waals surface area (Å²) in [5.41, 5.74) is 2.46. The van der Waals surface area contributed by atoms with Gasteiger partial charge in [0.1, 0.15) is 17.2 Å². The van der Waals surface area contributed by atoms with Crippen molar-refractivity contribution < 1.29 is 22.3 Å². The molecule has 35 heavy (non-hydrogen) atoms. The van der Waals surface area contributed by atoms with Crippen LogP contribution in [0.2, 0.25) is 0 Å². The first-order valence-electron chi connectivity index (χ1n) is 11.9. The van der Waals surface area contributed by atoms with E-state index in [0.29, 0.717) is 47.7 Å². The van der Waals surface area contributed by atoms with Crippen molar-refractivity contribution in [3.8, 4) is 6.01 Å². The Morgan fingerprint density at radius 3 is 2.66 bits per heavy atom. The third kappa shape index (κ3) is 5.11. The van der Waals surface area contributed by atoms with Gasteiger partial charge in [0, 0.05) is 43.7 Å². The Bertz CT molecular complexity index is 1230. The van der Waals surface area contributed by atoms with Gasteiger partial charge in [0.25, 0.3) is 0 Å². The third-order valence-electron chi connectivity index (χ3n) is 6.73. The van der Waals surface area contributed by atoms with E-state index in [9.17, 15) is 13.2 Å². The van der Waals surface area contributed by atoms with Crippen LogP contribution in [0.15, 0.2) is 18.2 Å². The molecule has 1 N–H and O–H groups in total. The van der Waals surface area contributed by atoms with E-state index in [0.717, 1.165) is 25.1 Å². The molecule has 1 aromatic carbocycles. The highest BCUT2D eigenvalue weighted by atomic mass is 19.4. The van der Waals surface area contributed by atoms with E-state index >= 15 is 4.39 Å². The topological polar surface area (TPSA) is 68.1 Å². The highest BCUT2D eigenvalue weighted by molar-refractivity contribution is 5.74. The number of likely N-dealkylation sites (tertiary alicyclic amines) is 1.